The predicted octanol–water partition coefficient (Wildman–Crippen LogP) is 1.12. The summed E-state index contributed by atoms with van der Waals surface area (Å²) in [5.41, 5.74) is -0.140. The molecule has 0 aliphatic carbocycles. The van der Waals surface area contributed by atoms with Crippen LogP contribution >= 0.6 is 0 Å². The summed E-state index contributed by atoms with van der Waals surface area (Å²) in [4.78, 5) is 20.7. The van der Waals surface area contributed by atoms with E-state index in [1.54, 1.807) is 0 Å². The van der Waals surface area contributed by atoms with Gasteiger partial charge in [0.1, 0.15) is 0 Å². The molecule has 8 nitrogen and oxygen atoms in total. The molecule has 1 aromatic rings. The number of anilines is 1. The fourth-order valence-corrected chi connectivity index (χ4v) is 2.28. The Morgan fingerprint density at radius 1 is 1.47 bits per heavy atom. The van der Waals surface area contributed by atoms with Gasteiger partial charge in [0.25, 0.3) is 5.69 Å². The van der Waals surface area contributed by atoms with Crippen molar-refractivity contribution in [2.24, 2.45) is 0 Å². The Hall–Kier alpha value is -2.16. The van der Waals surface area contributed by atoms with E-state index >= 15 is 0 Å². The van der Waals surface area contributed by atoms with Gasteiger partial charge in [-0.1, -0.05) is 6.07 Å². The van der Waals surface area contributed by atoms with Crippen molar-refractivity contribution in [3.63, 3.8) is 0 Å². The maximum absolute atomic E-state index is 11.7. The van der Waals surface area contributed by atoms with Gasteiger partial charge in [-0.15, -0.1) is 0 Å². The van der Waals surface area contributed by atoms with E-state index in [-0.39, 0.29) is 16.9 Å². The molecule has 1 atom stereocenters. The minimum absolute atomic E-state index is 0.0118. The molecule has 2 N–H and O–H groups in total. The molecule has 0 spiro atoms. The fraction of sp³-hybridized carbons (Fsp3) is 0.300. The lowest BCUT2D eigenvalue weighted by Gasteiger charge is -2.13. The van der Waals surface area contributed by atoms with E-state index in [4.69, 9.17) is 5.11 Å². The largest absolute Gasteiger partial charge is 0.480 e. The molecule has 0 aromatic heterocycles. The van der Waals surface area contributed by atoms with Crippen LogP contribution in [0.25, 0.3) is 0 Å². The Labute approximate surface area is 109 Å². The quantitative estimate of drug-likeness (QED) is 0.617. The summed E-state index contributed by atoms with van der Waals surface area (Å²) in [5.74, 6) is -1.50. The molecule has 19 heavy (non-hydrogen) atoms. The topological polar surface area (TPSA) is 127 Å². The summed E-state index contributed by atoms with van der Waals surface area (Å²) < 4.78 is 25.5. The monoisotopic (exact) mass is 288 g/mol. The van der Waals surface area contributed by atoms with Gasteiger partial charge >= 0.3 is 5.97 Å². The zero-order valence-electron chi connectivity index (χ0n) is 10.2. The van der Waals surface area contributed by atoms with Gasteiger partial charge in [0.15, 0.2) is 5.25 Å². The third-order valence-corrected chi connectivity index (χ3v) is 4.20. The van der Waals surface area contributed by atoms with Gasteiger partial charge in [0.05, 0.1) is 16.2 Å². The van der Waals surface area contributed by atoms with Crippen LogP contribution in [-0.2, 0) is 14.8 Å². The van der Waals surface area contributed by atoms with E-state index in [1.807, 2.05) is 4.72 Å². The maximum atomic E-state index is 11.7. The molecular formula is C10H12N2O6S. The number of nitro benzene ring substituents is 1. The van der Waals surface area contributed by atoms with Crippen LogP contribution in [0.1, 0.15) is 12.5 Å². The number of sulfonamides is 1. The van der Waals surface area contributed by atoms with E-state index in [0.29, 0.717) is 0 Å². The van der Waals surface area contributed by atoms with E-state index < -0.39 is 26.2 Å². The Morgan fingerprint density at radius 3 is 2.53 bits per heavy atom. The highest BCUT2D eigenvalue weighted by Gasteiger charge is 2.28. The second-order valence-electron chi connectivity index (χ2n) is 3.83. The minimum Gasteiger partial charge on any atom is -0.480 e. The standard InChI is InChI=1S/C10H12N2O6S/c1-6-8(4-3-5-9(6)12(15)16)11-19(17,18)7(2)10(13)14/h3-5,7,11H,1-2H3,(H,13,14). The molecule has 0 aliphatic heterocycles. The smallest absolute Gasteiger partial charge is 0.323 e. The molecule has 0 saturated carbocycles. The van der Waals surface area contributed by atoms with E-state index in [1.165, 1.54) is 25.1 Å². The second-order valence-corrected chi connectivity index (χ2v) is 5.84. The second kappa shape index (κ2) is 5.22. The summed E-state index contributed by atoms with van der Waals surface area (Å²) in [6.07, 6.45) is 0. The van der Waals surface area contributed by atoms with Gasteiger partial charge in [-0.25, -0.2) is 8.42 Å². The number of rotatable bonds is 5. The number of hydrogen-bond acceptors (Lipinski definition) is 5. The summed E-state index contributed by atoms with van der Waals surface area (Å²) in [5, 5.41) is 17.7. The number of carbonyl (C=O) groups is 1. The Bertz CT molecular complexity index is 625. The molecular weight excluding hydrogens is 276 g/mol. The fourth-order valence-electron chi connectivity index (χ4n) is 1.31. The highest BCUT2D eigenvalue weighted by Crippen LogP contribution is 2.26. The maximum Gasteiger partial charge on any atom is 0.323 e. The number of carboxylic acid groups (broad SMARTS) is 1. The molecule has 0 bridgehead atoms. The molecule has 0 fully saturated rings. The molecule has 1 unspecified atom stereocenters. The summed E-state index contributed by atoms with van der Waals surface area (Å²) in [6, 6.07) is 3.87. The first kappa shape index (κ1) is 14.9. The van der Waals surface area contributed by atoms with Crippen LogP contribution in [-0.4, -0.2) is 29.7 Å². The first-order chi connectivity index (χ1) is 8.66. The number of nitrogens with zero attached hydrogens (tertiary/aromatic N) is 1. The van der Waals surface area contributed by atoms with Crippen LogP contribution in [0.5, 0.6) is 0 Å². The van der Waals surface area contributed by atoms with Gasteiger partial charge in [-0.05, 0) is 19.9 Å². The summed E-state index contributed by atoms with van der Waals surface area (Å²) >= 11 is 0. The lowest BCUT2D eigenvalue weighted by Crippen LogP contribution is -2.32. The number of aliphatic carboxylic acids is 1. The number of carboxylic acids is 1. The van der Waals surface area contributed by atoms with Gasteiger partial charge in [-0.3, -0.25) is 19.6 Å². The normalized spacial score (nSPS) is 12.7. The zero-order chi connectivity index (χ0) is 14.8. The molecule has 0 amide bonds. The first-order valence-corrected chi connectivity index (χ1v) is 6.70. The molecule has 0 radical (unpaired) electrons. The van der Waals surface area contributed by atoms with Gasteiger partial charge in [0, 0.05) is 6.07 Å². The third-order valence-electron chi connectivity index (χ3n) is 2.57. The van der Waals surface area contributed by atoms with E-state index in [2.05, 4.69) is 0 Å². The van der Waals surface area contributed by atoms with Gasteiger partial charge in [0.2, 0.25) is 10.0 Å². The molecule has 9 heteroatoms. The summed E-state index contributed by atoms with van der Waals surface area (Å²) in [7, 11) is -4.15. The number of nitro groups is 1. The SMILES string of the molecule is Cc1c(NS(=O)(=O)C(C)C(=O)O)cccc1[N+](=O)[O-]. The van der Waals surface area contributed by atoms with Crippen LogP contribution in [0.15, 0.2) is 18.2 Å². The molecule has 0 aliphatic rings. The van der Waals surface area contributed by atoms with Crippen molar-refractivity contribution in [2.45, 2.75) is 19.1 Å². The number of benzene rings is 1. The predicted molar refractivity (Wildman–Crippen MR) is 67.5 cm³/mol. The third kappa shape index (κ3) is 3.19. The number of nitrogens with one attached hydrogen (secondary N) is 1. The molecule has 0 saturated heterocycles. The average molecular weight is 288 g/mol. The van der Waals surface area contributed by atoms with Crippen molar-refractivity contribution in [3.8, 4) is 0 Å². The van der Waals surface area contributed by atoms with Crippen molar-refractivity contribution >= 4 is 27.4 Å². The lowest BCUT2D eigenvalue weighted by molar-refractivity contribution is -0.385. The minimum atomic E-state index is -4.15. The zero-order valence-corrected chi connectivity index (χ0v) is 11.0. The van der Waals surface area contributed by atoms with Crippen LogP contribution < -0.4 is 4.72 Å². The Kier molecular flexibility index (Phi) is 4.10. The van der Waals surface area contributed by atoms with Gasteiger partial charge in [-0.2, -0.15) is 0 Å². The Morgan fingerprint density at radius 2 is 2.05 bits per heavy atom. The van der Waals surface area contributed by atoms with Crippen molar-refractivity contribution in [1.29, 1.82) is 0 Å². The van der Waals surface area contributed by atoms with Crippen molar-refractivity contribution in [3.05, 3.63) is 33.9 Å². The van der Waals surface area contributed by atoms with Crippen LogP contribution in [0, 0.1) is 17.0 Å². The number of hydrogen-bond donors (Lipinski definition) is 2. The van der Waals surface area contributed by atoms with Crippen LogP contribution in [0.2, 0.25) is 0 Å². The molecule has 0 heterocycles. The summed E-state index contributed by atoms with van der Waals surface area (Å²) in [6.45, 7) is 2.39. The van der Waals surface area contributed by atoms with Crippen molar-refractivity contribution in [2.75, 3.05) is 4.72 Å². The molecule has 104 valence electrons. The highest BCUT2D eigenvalue weighted by molar-refractivity contribution is 7.94. The van der Waals surface area contributed by atoms with E-state index in [9.17, 15) is 23.3 Å². The molecule has 1 aromatic carbocycles. The van der Waals surface area contributed by atoms with E-state index in [0.717, 1.165) is 6.92 Å². The average Bonchev–Trinajstić information content (AvgIpc) is 2.30. The van der Waals surface area contributed by atoms with Crippen molar-refractivity contribution in [1.82, 2.24) is 0 Å². The lowest BCUT2D eigenvalue weighted by atomic mass is 10.2. The van der Waals surface area contributed by atoms with Gasteiger partial charge < -0.3 is 5.11 Å². The Balaban J connectivity index is 3.18. The molecule has 1 rings (SSSR count). The van der Waals surface area contributed by atoms with Crippen LogP contribution in [0.3, 0.4) is 0 Å². The first-order valence-electron chi connectivity index (χ1n) is 5.15. The highest BCUT2D eigenvalue weighted by atomic mass is 32.2. The van der Waals surface area contributed by atoms with Crippen LogP contribution in [0.4, 0.5) is 11.4 Å². The van der Waals surface area contributed by atoms with Crippen molar-refractivity contribution < 1.29 is 23.2 Å².